The first kappa shape index (κ1) is 18.7. The van der Waals surface area contributed by atoms with E-state index in [1.165, 1.54) is 31.1 Å². The molecule has 1 aromatic carbocycles. The van der Waals surface area contributed by atoms with Gasteiger partial charge < -0.3 is 15.5 Å². The van der Waals surface area contributed by atoms with Crippen molar-refractivity contribution in [1.29, 1.82) is 0 Å². The third-order valence-corrected chi connectivity index (χ3v) is 3.92. The van der Waals surface area contributed by atoms with Crippen LogP contribution in [-0.4, -0.2) is 35.0 Å². The number of aromatic nitrogens is 2. The minimum atomic E-state index is -4.54. The molecule has 144 valence electrons. The Morgan fingerprint density at radius 1 is 1.30 bits per heavy atom. The first-order chi connectivity index (χ1) is 12.6. The highest BCUT2D eigenvalue weighted by Gasteiger charge is 2.34. The van der Waals surface area contributed by atoms with Gasteiger partial charge in [0.1, 0.15) is 6.20 Å². The van der Waals surface area contributed by atoms with E-state index < -0.39 is 16.7 Å². The van der Waals surface area contributed by atoms with Gasteiger partial charge in [0.15, 0.2) is 0 Å². The van der Waals surface area contributed by atoms with Gasteiger partial charge in [0.05, 0.1) is 10.5 Å². The van der Waals surface area contributed by atoms with Gasteiger partial charge in [-0.1, -0.05) is 0 Å². The van der Waals surface area contributed by atoms with Gasteiger partial charge >= 0.3 is 11.9 Å². The van der Waals surface area contributed by atoms with Gasteiger partial charge in [0.25, 0.3) is 0 Å². The van der Waals surface area contributed by atoms with Crippen molar-refractivity contribution >= 4 is 28.8 Å². The molecule has 0 bridgehead atoms. The van der Waals surface area contributed by atoms with Crippen molar-refractivity contribution in [2.45, 2.75) is 25.1 Å². The van der Waals surface area contributed by atoms with Crippen LogP contribution in [0.15, 0.2) is 24.4 Å². The van der Waals surface area contributed by atoms with Gasteiger partial charge in [-0.2, -0.15) is 18.2 Å². The summed E-state index contributed by atoms with van der Waals surface area (Å²) in [5, 5.41) is 16.7. The monoisotopic (exact) mass is 382 g/mol. The van der Waals surface area contributed by atoms with Crippen LogP contribution in [0.1, 0.15) is 18.4 Å². The number of nitrogens with one attached hydrogen (secondary N) is 2. The molecule has 1 aliphatic carbocycles. The number of rotatable bonds is 6. The fourth-order valence-electron chi connectivity index (χ4n) is 2.46. The number of benzene rings is 1. The smallest absolute Gasteiger partial charge is 0.377 e. The minimum Gasteiger partial charge on any atom is -0.377 e. The molecule has 1 saturated carbocycles. The van der Waals surface area contributed by atoms with E-state index >= 15 is 0 Å². The van der Waals surface area contributed by atoms with E-state index in [0.29, 0.717) is 0 Å². The Balaban J connectivity index is 1.91. The molecule has 0 spiro atoms. The fourth-order valence-corrected chi connectivity index (χ4v) is 2.46. The van der Waals surface area contributed by atoms with Crippen molar-refractivity contribution in [3.8, 4) is 0 Å². The van der Waals surface area contributed by atoms with Crippen LogP contribution in [0.3, 0.4) is 0 Å². The lowest BCUT2D eigenvalue weighted by molar-refractivity contribution is -0.384. The van der Waals surface area contributed by atoms with E-state index in [1.54, 1.807) is 0 Å². The average Bonchev–Trinajstić information content (AvgIpc) is 3.37. The highest BCUT2D eigenvalue weighted by atomic mass is 19.4. The summed E-state index contributed by atoms with van der Waals surface area (Å²) in [6.07, 6.45) is -1.75. The molecule has 11 heteroatoms. The van der Waals surface area contributed by atoms with E-state index in [4.69, 9.17) is 0 Å². The number of halogens is 3. The van der Waals surface area contributed by atoms with E-state index in [1.807, 2.05) is 0 Å². The molecule has 0 radical (unpaired) electrons. The molecular weight excluding hydrogens is 365 g/mol. The molecule has 0 atom stereocenters. The molecule has 0 saturated heterocycles. The number of nitro groups is 1. The topological polar surface area (TPSA) is 96.2 Å². The summed E-state index contributed by atoms with van der Waals surface area (Å²) in [7, 11) is 3.04. The Bertz CT molecular complexity index is 868. The van der Waals surface area contributed by atoms with Gasteiger partial charge in [-0.15, -0.1) is 0 Å². The van der Waals surface area contributed by atoms with Crippen LogP contribution in [0, 0.1) is 10.1 Å². The second-order valence-corrected chi connectivity index (χ2v) is 6.35. The summed E-state index contributed by atoms with van der Waals surface area (Å²) in [6.45, 7) is 0. The maximum absolute atomic E-state index is 13.3. The van der Waals surface area contributed by atoms with Gasteiger partial charge in [-0.3, -0.25) is 10.1 Å². The van der Waals surface area contributed by atoms with Crippen molar-refractivity contribution in [2.24, 2.45) is 0 Å². The SMILES string of the molecule is CN(C)c1ccc(Nc2ncc([N+](=O)[O-])c(NC3CC3)n2)cc1C(F)(F)F. The molecule has 1 fully saturated rings. The second kappa shape index (κ2) is 6.89. The summed E-state index contributed by atoms with van der Waals surface area (Å²) >= 11 is 0. The van der Waals surface area contributed by atoms with E-state index in [0.717, 1.165) is 25.1 Å². The molecule has 8 nitrogen and oxygen atoms in total. The Kier molecular flexibility index (Phi) is 4.77. The average molecular weight is 382 g/mol. The molecule has 0 amide bonds. The van der Waals surface area contributed by atoms with Crippen molar-refractivity contribution in [3.05, 3.63) is 40.1 Å². The lowest BCUT2D eigenvalue weighted by Crippen LogP contribution is -2.17. The normalized spacial score (nSPS) is 14.0. The maximum Gasteiger partial charge on any atom is 0.418 e. The van der Waals surface area contributed by atoms with E-state index in [2.05, 4.69) is 20.6 Å². The van der Waals surface area contributed by atoms with Crippen LogP contribution in [-0.2, 0) is 6.18 Å². The van der Waals surface area contributed by atoms with E-state index in [-0.39, 0.29) is 34.9 Å². The molecule has 0 unspecified atom stereocenters. The fraction of sp³-hybridized carbons (Fsp3) is 0.375. The number of alkyl halides is 3. The van der Waals surface area contributed by atoms with Crippen LogP contribution in [0.25, 0.3) is 0 Å². The molecule has 1 aliphatic rings. The molecular formula is C16H17F3N6O2. The zero-order chi connectivity index (χ0) is 19.8. The summed E-state index contributed by atoms with van der Waals surface area (Å²) in [5.74, 6) is 0.00966. The maximum atomic E-state index is 13.3. The molecule has 2 aromatic rings. The molecule has 1 heterocycles. The largest absolute Gasteiger partial charge is 0.418 e. The van der Waals surface area contributed by atoms with Crippen LogP contribution >= 0.6 is 0 Å². The Morgan fingerprint density at radius 3 is 2.56 bits per heavy atom. The van der Waals surface area contributed by atoms with Crippen LogP contribution in [0.5, 0.6) is 0 Å². The van der Waals surface area contributed by atoms with Crippen LogP contribution in [0.4, 0.5) is 42.0 Å². The first-order valence-corrected chi connectivity index (χ1v) is 8.08. The molecule has 2 N–H and O–H groups in total. The van der Waals surface area contributed by atoms with E-state index in [9.17, 15) is 23.3 Å². The van der Waals surface area contributed by atoms with Crippen molar-refractivity contribution < 1.29 is 18.1 Å². The Morgan fingerprint density at radius 2 is 2.00 bits per heavy atom. The lowest BCUT2D eigenvalue weighted by Gasteiger charge is -2.20. The predicted molar refractivity (Wildman–Crippen MR) is 94.4 cm³/mol. The number of hydrogen-bond acceptors (Lipinski definition) is 7. The van der Waals surface area contributed by atoms with Crippen molar-refractivity contribution in [2.75, 3.05) is 29.6 Å². The number of anilines is 4. The van der Waals surface area contributed by atoms with Gasteiger partial charge in [0.2, 0.25) is 11.8 Å². The summed E-state index contributed by atoms with van der Waals surface area (Å²) in [5.41, 5.74) is -0.949. The number of nitrogens with zero attached hydrogens (tertiary/aromatic N) is 4. The zero-order valence-electron chi connectivity index (χ0n) is 14.5. The van der Waals surface area contributed by atoms with Gasteiger partial charge in [-0.25, -0.2) is 4.98 Å². The standard InChI is InChI=1S/C16H17F3N6O2/c1-24(2)12-6-5-10(7-11(12)16(17,18)19)22-15-20-8-13(25(26)27)14(23-15)21-9-3-4-9/h5-9H,3-4H2,1-2H3,(H2,20,21,22,23). The summed E-state index contributed by atoms with van der Waals surface area (Å²) in [4.78, 5) is 19.7. The second-order valence-electron chi connectivity index (χ2n) is 6.35. The molecule has 1 aromatic heterocycles. The van der Waals surface area contributed by atoms with Gasteiger partial charge in [0, 0.05) is 31.5 Å². The Labute approximate surface area is 152 Å². The number of hydrogen-bond donors (Lipinski definition) is 2. The predicted octanol–water partition coefficient (Wildman–Crippen LogP) is 3.79. The van der Waals surface area contributed by atoms with Crippen molar-refractivity contribution in [3.63, 3.8) is 0 Å². The third-order valence-electron chi connectivity index (χ3n) is 3.92. The minimum absolute atomic E-state index is 0.0220. The zero-order valence-corrected chi connectivity index (χ0v) is 14.5. The summed E-state index contributed by atoms with van der Waals surface area (Å²) < 4.78 is 39.9. The highest BCUT2D eigenvalue weighted by molar-refractivity contribution is 5.66. The highest BCUT2D eigenvalue weighted by Crippen LogP contribution is 2.38. The third kappa shape index (κ3) is 4.36. The molecule has 3 rings (SSSR count). The lowest BCUT2D eigenvalue weighted by atomic mass is 10.1. The Hall–Kier alpha value is -3.11. The first-order valence-electron chi connectivity index (χ1n) is 8.08. The molecule has 27 heavy (non-hydrogen) atoms. The quantitative estimate of drug-likeness (QED) is 0.580. The van der Waals surface area contributed by atoms with Gasteiger partial charge in [-0.05, 0) is 31.0 Å². The van der Waals surface area contributed by atoms with Crippen LogP contribution < -0.4 is 15.5 Å². The van der Waals surface area contributed by atoms with Crippen molar-refractivity contribution in [1.82, 2.24) is 9.97 Å². The molecule has 0 aliphatic heterocycles. The summed E-state index contributed by atoms with van der Waals surface area (Å²) in [6, 6.07) is 3.86. The van der Waals surface area contributed by atoms with Crippen LogP contribution in [0.2, 0.25) is 0 Å².